The van der Waals surface area contributed by atoms with Gasteiger partial charge in [0.05, 0.1) is 11.8 Å². The summed E-state index contributed by atoms with van der Waals surface area (Å²) >= 11 is 1.84. The summed E-state index contributed by atoms with van der Waals surface area (Å²) in [4.78, 5) is 4.53. The van der Waals surface area contributed by atoms with E-state index < -0.39 is 0 Å². The van der Waals surface area contributed by atoms with Crippen molar-refractivity contribution in [2.45, 2.75) is 57.1 Å². The maximum atomic E-state index is 5.40. The van der Waals surface area contributed by atoms with Gasteiger partial charge in [-0.1, -0.05) is 32.9 Å². The summed E-state index contributed by atoms with van der Waals surface area (Å²) in [6.07, 6.45) is 2.46. The Morgan fingerprint density at radius 3 is 2.89 bits per heavy atom. The number of hydrogen-bond acceptors (Lipinski definition) is 5. The lowest BCUT2D eigenvalue weighted by molar-refractivity contribution is 0.239. The molecule has 1 fully saturated rings. The second-order valence-corrected chi connectivity index (χ2v) is 7.80. The van der Waals surface area contributed by atoms with Gasteiger partial charge in [0.15, 0.2) is 5.82 Å². The summed E-state index contributed by atoms with van der Waals surface area (Å²) in [5.74, 6) is 2.95. The highest BCUT2D eigenvalue weighted by Crippen LogP contribution is 2.29. The molecule has 1 aliphatic rings. The molecule has 0 aliphatic carbocycles. The Morgan fingerprint density at radius 1 is 1.44 bits per heavy atom. The molecule has 1 saturated heterocycles. The lowest BCUT2D eigenvalue weighted by atomic mass is 9.93. The average Bonchev–Trinajstić information content (AvgIpc) is 2.75. The van der Waals surface area contributed by atoms with Crippen LogP contribution in [0.25, 0.3) is 0 Å². The Kier molecular flexibility index (Phi) is 4.33. The minimum absolute atomic E-state index is 0.233. The van der Waals surface area contributed by atoms with Gasteiger partial charge in [0.25, 0.3) is 0 Å². The summed E-state index contributed by atoms with van der Waals surface area (Å²) in [5.41, 5.74) is 0. The Balaban J connectivity index is 1.97. The fourth-order valence-corrected chi connectivity index (χ4v) is 2.79. The van der Waals surface area contributed by atoms with E-state index in [0.717, 1.165) is 24.0 Å². The van der Waals surface area contributed by atoms with Gasteiger partial charge in [-0.05, 0) is 25.3 Å². The van der Waals surface area contributed by atoms with Crippen molar-refractivity contribution >= 4 is 11.8 Å². The first-order valence-electron chi connectivity index (χ1n) is 6.65. The molecule has 0 saturated carbocycles. The molecule has 1 aliphatic heterocycles. The molecule has 0 aromatic carbocycles. The largest absolute Gasteiger partial charge is 0.338 e. The summed E-state index contributed by atoms with van der Waals surface area (Å²) in [6, 6.07) is 0.236. The number of rotatable bonds is 3. The van der Waals surface area contributed by atoms with Gasteiger partial charge in [-0.3, -0.25) is 0 Å². The molecule has 102 valence electrons. The van der Waals surface area contributed by atoms with Crippen LogP contribution in [0, 0.1) is 5.92 Å². The van der Waals surface area contributed by atoms with Crippen LogP contribution in [0.1, 0.15) is 58.3 Å². The molecule has 5 heteroatoms. The Bertz CT molecular complexity index is 386. The van der Waals surface area contributed by atoms with Crippen molar-refractivity contribution in [3.8, 4) is 0 Å². The van der Waals surface area contributed by atoms with Crippen LogP contribution < -0.4 is 5.32 Å². The lowest BCUT2D eigenvalue weighted by Gasteiger charge is -2.26. The van der Waals surface area contributed by atoms with E-state index >= 15 is 0 Å². The molecule has 1 aromatic heterocycles. The van der Waals surface area contributed by atoms with Gasteiger partial charge in [0, 0.05) is 4.75 Å². The van der Waals surface area contributed by atoms with E-state index in [1.165, 1.54) is 12.8 Å². The first-order valence-corrected chi connectivity index (χ1v) is 7.64. The monoisotopic (exact) mass is 269 g/mol. The first kappa shape index (κ1) is 13.9. The van der Waals surface area contributed by atoms with Crippen LogP contribution in [0.2, 0.25) is 0 Å². The molecule has 2 rings (SSSR count). The van der Waals surface area contributed by atoms with Crippen molar-refractivity contribution in [1.29, 1.82) is 0 Å². The summed E-state index contributed by atoms with van der Waals surface area (Å²) in [5, 5.41) is 7.55. The summed E-state index contributed by atoms with van der Waals surface area (Å²) in [6.45, 7) is 9.88. The van der Waals surface area contributed by atoms with E-state index in [4.69, 9.17) is 4.52 Å². The maximum Gasteiger partial charge on any atom is 0.244 e. The van der Waals surface area contributed by atoms with Crippen LogP contribution >= 0.6 is 11.8 Å². The zero-order chi connectivity index (χ0) is 13.2. The highest BCUT2D eigenvalue weighted by molar-refractivity contribution is 7.99. The Morgan fingerprint density at radius 2 is 2.22 bits per heavy atom. The Labute approximate surface area is 113 Å². The molecule has 0 bridgehead atoms. The van der Waals surface area contributed by atoms with Crippen molar-refractivity contribution in [3.63, 3.8) is 0 Å². The van der Waals surface area contributed by atoms with E-state index in [-0.39, 0.29) is 10.8 Å². The van der Waals surface area contributed by atoms with E-state index in [9.17, 15) is 0 Å². The van der Waals surface area contributed by atoms with Crippen molar-refractivity contribution < 1.29 is 4.52 Å². The van der Waals surface area contributed by atoms with Crippen molar-refractivity contribution in [2.75, 3.05) is 6.54 Å². The highest BCUT2D eigenvalue weighted by Gasteiger charge is 2.27. The second kappa shape index (κ2) is 5.61. The molecule has 0 spiro atoms. The normalized spacial score (nSPS) is 25.3. The Hall–Kier alpha value is -0.550. The molecular weight excluding hydrogens is 246 g/mol. The summed E-state index contributed by atoms with van der Waals surface area (Å²) in [7, 11) is 0. The van der Waals surface area contributed by atoms with Gasteiger partial charge >= 0.3 is 0 Å². The molecule has 2 atom stereocenters. The molecular formula is C13H23N3OS. The van der Waals surface area contributed by atoms with Gasteiger partial charge < -0.3 is 9.84 Å². The predicted molar refractivity (Wildman–Crippen MR) is 74.5 cm³/mol. The van der Waals surface area contributed by atoms with Crippen LogP contribution in [-0.4, -0.2) is 21.4 Å². The molecule has 1 aromatic rings. The van der Waals surface area contributed by atoms with E-state index in [0.29, 0.717) is 5.92 Å². The highest BCUT2D eigenvalue weighted by atomic mass is 32.2. The molecule has 2 heterocycles. The second-order valence-electron chi connectivity index (χ2n) is 6.00. The van der Waals surface area contributed by atoms with Gasteiger partial charge in [-0.25, -0.2) is 0 Å². The minimum atomic E-state index is 0.233. The van der Waals surface area contributed by atoms with Crippen molar-refractivity contribution in [1.82, 2.24) is 15.5 Å². The lowest BCUT2D eigenvalue weighted by Crippen LogP contribution is -2.33. The van der Waals surface area contributed by atoms with Crippen LogP contribution in [0.4, 0.5) is 0 Å². The quantitative estimate of drug-likeness (QED) is 0.913. The van der Waals surface area contributed by atoms with Crippen molar-refractivity contribution in [2.24, 2.45) is 5.92 Å². The SMILES string of the molecule is CC1CCCNC1c1nc(CSC(C)(C)C)no1. The number of hydrogen-bond donors (Lipinski definition) is 1. The van der Waals surface area contributed by atoms with Gasteiger partial charge in [-0.2, -0.15) is 4.98 Å². The standard InChI is InChI=1S/C13H23N3OS/c1-9-6-5-7-14-11(9)12-15-10(16-17-12)8-18-13(2,3)4/h9,11,14H,5-8H2,1-4H3. The molecule has 1 N–H and O–H groups in total. The van der Waals surface area contributed by atoms with E-state index in [1.54, 1.807) is 0 Å². The topological polar surface area (TPSA) is 51.0 Å². The first-order chi connectivity index (χ1) is 8.46. The molecule has 0 amide bonds. The summed E-state index contributed by atoms with van der Waals surface area (Å²) < 4.78 is 5.64. The van der Waals surface area contributed by atoms with Gasteiger partial charge in [-0.15, -0.1) is 11.8 Å². The van der Waals surface area contributed by atoms with Gasteiger partial charge in [0.1, 0.15) is 0 Å². The maximum absolute atomic E-state index is 5.40. The number of nitrogens with one attached hydrogen (secondary N) is 1. The van der Waals surface area contributed by atoms with Crippen LogP contribution in [0.15, 0.2) is 4.52 Å². The minimum Gasteiger partial charge on any atom is -0.338 e. The van der Waals surface area contributed by atoms with Gasteiger partial charge in [0.2, 0.25) is 5.89 Å². The van der Waals surface area contributed by atoms with E-state index in [1.807, 2.05) is 11.8 Å². The van der Waals surface area contributed by atoms with Crippen LogP contribution in [-0.2, 0) is 5.75 Å². The molecule has 0 radical (unpaired) electrons. The zero-order valence-corrected chi connectivity index (χ0v) is 12.5. The average molecular weight is 269 g/mol. The molecule has 18 heavy (non-hydrogen) atoms. The third kappa shape index (κ3) is 3.72. The third-order valence-corrected chi connectivity index (χ3v) is 4.42. The smallest absolute Gasteiger partial charge is 0.244 e. The van der Waals surface area contributed by atoms with Crippen LogP contribution in [0.5, 0.6) is 0 Å². The van der Waals surface area contributed by atoms with E-state index in [2.05, 4.69) is 43.2 Å². The number of aromatic nitrogens is 2. The van der Waals surface area contributed by atoms with Crippen molar-refractivity contribution in [3.05, 3.63) is 11.7 Å². The predicted octanol–water partition coefficient (Wildman–Crippen LogP) is 3.16. The third-order valence-electron chi connectivity index (χ3n) is 3.15. The number of piperidine rings is 1. The fraction of sp³-hybridized carbons (Fsp3) is 0.846. The van der Waals surface area contributed by atoms with Crippen LogP contribution in [0.3, 0.4) is 0 Å². The zero-order valence-electron chi connectivity index (χ0n) is 11.7. The fourth-order valence-electron chi connectivity index (χ4n) is 2.11. The molecule has 4 nitrogen and oxygen atoms in total. The number of nitrogens with zero attached hydrogens (tertiary/aromatic N) is 2. The molecule has 2 unspecified atom stereocenters. The number of thioether (sulfide) groups is 1.